The third kappa shape index (κ3) is 5.81. The molecule has 1 aromatic carbocycles. The Morgan fingerprint density at radius 3 is 2.38 bits per heavy atom. The zero-order valence-corrected chi connectivity index (χ0v) is 20.7. The van der Waals surface area contributed by atoms with E-state index in [-0.39, 0.29) is 12.2 Å². The summed E-state index contributed by atoms with van der Waals surface area (Å²) in [4.78, 5) is 10.8. The number of carboxylic acid groups (broad SMARTS) is 1. The second-order valence-corrected chi connectivity index (χ2v) is 10.5. The number of hydrogen-bond donors (Lipinski definition) is 1. The fourth-order valence-electron chi connectivity index (χ4n) is 6.75. The maximum absolute atomic E-state index is 10.8. The molecule has 0 amide bonds. The van der Waals surface area contributed by atoms with Gasteiger partial charge in [0.1, 0.15) is 5.75 Å². The van der Waals surface area contributed by atoms with Gasteiger partial charge in [-0.25, -0.2) is 4.79 Å². The Labute approximate surface area is 203 Å². The van der Waals surface area contributed by atoms with E-state index < -0.39 is 5.97 Å². The third-order valence-electron chi connectivity index (χ3n) is 7.83. The molecule has 0 radical (unpaired) electrons. The molecule has 5 rings (SSSR count). The molecular formula is C29H38O5. The summed E-state index contributed by atoms with van der Waals surface area (Å²) in [5.41, 5.74) is 4.60. The lowest BCUT2D eigenvalue weighted by molar-refractivity contribution is -0.131. The average Bonchev–Trinajstić information content (AvgIpc) is 2.77. The van der Waals surface area contributed by atoms with Crippen LogP contribution in [0.4, 0.5) is 0 Å². The van der Waals surface area contributed by atoms with Gasteiger partial charge in [-0.2, -0.15) is 0 Å². The highest BCUT2D eigenvalue weighted by Crippen LogP contribution is 2.62. The van der Waals surface area contributed by atoms with Crippen LogP contribution in [-0.2, 0) is 19.7 Å². The molecule has 5 nitrogen and oxygen atoms in total. The van der Waals surface area contributed by atoms with Crippen LogP contribution in [0, 0.1) is 17.8 Å². The van der Waals surface area contributed by atoms with Crippen molar-refractivity contribution in [1.29, 1.82) is 0 Å². The first kappa shape index (κ1) is 24.7. The summed E-state index contributed by atoms with van der Waals surface area (Å²) in [5.74, 6) is 2.58. The molecule has 0 heterocycles. The summed E-state index contributed by atoms with van der Waals surface area (Å²) in [7, 11) is 1.67. The van der Waals surface area contributed by atoms with Crippen molar-refractivity contribution in [2.75, 3.05) is 27.1 Å². The molecule has 0 atom stereocenters. The van der Waals surface area contributed by atoms with Crippen LogP contribution in [0.1, 0.15) is 63.5 Å². The van der Waals surface area contributed by atoms with Gasteiger partial charge in [0.05, 0.1) is 13.2 Å². The smallest absolute Gasteiger partial charge is 0.328 e. The highest BCUT2D eigenvalue weighted by Gasteiger charge is 2.52. The van der Waals surface area contributed by atoms with E-state index in [4.69, 9.17) is 19.3 Å². The van der Waals surface area contributed by atoms with E-state index in [1.165, 1.54) is 55.7 Å². The van der Waals surface area contributed by atoms with Gasteiger partial charge in [-0.3, -0.25) is 0 Å². The monoisotopic (exact) mass is 466 g/mol. The van der Waals surface area contributed by atoms with Crippen molar-refractivity contribution < 1.29 is 24.1 Å². The number of rotatable bonds is 11. The third-order valence-corrected chi connectivity index (χ3v) is 7.83. The predicted molar refractivity (Wildman–Crippen MR) is 134 cm³/mol. The Hall–Kier alpha value is -2.37. The number of carboxylic acids is 1. The largest absolute Gasteiger partial charge is 0.478 e. The first-order valence-corrected chi connectivity index (χ1v) is 12.5. The minimum absolute atomic E-state index is 0.212. The first-order chi connectivity index (χ1) is 16.4. The Kier molecular flexibility index (Phi) is 7.95. The second kappa shape index (κ2) is 10.9. The second-order valence-electron chi connectivity index (χ2n) is 10.5. The molecule has 0 unspecified atom stereocenters. The molecule has 4 aliphatic carbocycles. The van der Waals surface area contributed by atoms with Gasteiger partial charge >= 0.3 is 5.97 Å². The highest BCUT2D eigenvalue weighted by atomic mass is 16.7. The van der Waals surface area contributed by atoms with Gasteiger partial charge in [-0.05, 0) is 104 Å². The van der Waals surface area contributed by atoms with Crippen LogP contribution in [0.5, 0.6) is 5.75 Å². The van der Waals surface area contributed by atoms with Crippen LogP contribution in [0.3, 0.4) is 0 Å². The maximum atomic E-state index is 10.8. The number of allylic oxidation sites excluding steroid dienone is 5. The van der Waals surface area contributed by atoms with Crippen LogP contribution in [0.2, 0.25) is 0 Å². The minimum Gasteiger partial charge on any atom is -0.478 e. The van der Waals surface area contributed by atoms with Gasteiger partial charge in [0.25, 0.3) is 0 Å². The van der Waals surface area contributed by atoms with Crippen molar-refractivity contribution >= 4 is 11.5 Å². The fraction of sp³-hybridized carbons (Fsp3) is 0.552. The van der Waals surface area contributed by atoms with Gasteiger partial charge in [0.15, 0.2) is 6.79 Å². The quantitative estimate of drug-likeness (QED) is 0.184. The molecule has 1 N–H and O–H groups in total. The van der Waals surface area contributed by atoms with Gasteiger partial charge in [-0.1, -0.05) is 24.3 Å². The summed E-state index contributed by atoms with van der Waals surface area (Å²) in [6.45, 7) is 5.20. The van der Waals surface area contributed by atoms with Crippen molar-refractivity contribution in [3.8, 4) is 5.75 Å². The van der Waals surface area contributed by atoms with Crippen LogP contribution in [0.15, 0.2) is 48.1 Å². The Bertz CT molecular complexity index is 935. The van der Waals surface area contributed by atoms with E-state index in [1.54, 1.807) is 14.0 Å². The van der Waals surface area contributed by atoms with E-state index in [1.807, 2.05) is 18.2 Å². The summed E-state index contributed by atoms with van der Waals surface area (Å²) in [5, 5.41) is 8.89. The topological polar surface area (TPSA) is 65.0 Å². The molecule has 0 aliphatic heterocycles. The summed E-state index contributed by atoms with van der Waals surface area (Å²) < 4.78 is 16.9. The number of methoxy groups -OCH3 is 1. The van der Waals surface area contributed by atoms with Crippen LogP contribution < -0.4 is 4.74 Å². The molecule has 184 valence electrons. The molecule has 1 aromatic rings. The molecule has 5 heteroatoms. The molecular weight excluding hydrogens is 428 g/mol. The zero-order chi connectivity index (χ0) is 24.1. The average molecular weight is 467 g/mol. The molecule has 4 saturated carbocycles. The normalized spacial score (nSPS) is 28.6. The van der Waals surface area contributed by atoms with Crippen molar-refractivity contribution in [2.24, 2.45) is 17.8 Å². The first-order valence-electron chi connectivity index (χ1n) is 12.5. The van der Waals surface area contributed by atoms with Crippen LogP contribution >= 0.6 is 0 Å². The number of aliphatic carboxylic acids is 1. The van der Waals surface area contributed by atoms with E-state index in [9.17, 15) is 4.79 Å². The van der Waals surface area contributed by atoms with Gasteiger partial charge in [0, 0.05) is 18.7 Å². The molecule has 34 heavy (non-hydrogen) atoms. The highest BCUT2D eigenvalue weighted by molar-refractivity contribution is 5.81. The summed E-state index contributed by atoms with van der Waals surface area (Å²) >= 11 is 0. The van der Waals surface area contributed by atoms with E-state index >= 15 is 0 Å². The molecule has 0 spiro atoms. The van der Waals surface area contributed by atoms with E-state index in [2.05, 4.69) is 25.1 Å². The Morgan fingerprint density at radius 1 is 1.09 bits per heavy atom. The van der Waals surface area contributed by atoms with Crippen LogP contribution in [0.25, 0.3) is 5.57 Å². The van der Waals surface area contributed by atoms with Crippen molar-refractivity contribution in [1.82, 2.24) is 0 Å². The lowest BCUT2D eigenvalue weighted by atomic mass is 9.48. The number of benzene rings is 1. The SMILES string of the molecule is COCCOCOc1ccc(C(C)=CC=CC(C)=CC(=O)O)cc1C12CC3CC(CC(C3)C1)C2. The van der Waals surface area contributed by atoms with Crippen LogP contribution in [-0.4, -0.2) is 38.2 Å². The summed E-state index contributed by atoms with van der Waals surface area (Å²) in [6.07, 6.45) is 15.0. The molecule has 0 aromatic heterocycles. The standard InChI is InChI=1S/C29H38O5/c1-20(11-28(30)31)5-4-6-21(2)25-7-8-27(34-19-33-10-9-32-3)26(15-25)29-16-22-12-23(17-29)14-24(13-22)18-29/h4-8,11,15,22-24H,9-10,12-14,16-19H2,1-3H3,(H,30,31). The lowest BCUT2D eigenvalue weighted by Crippen LogP contribution is -2.48. The van der Waals surface area contributed by atoms with Crippen molar-refractivity contribution in [3.05, 3.63) is 59.2 Å². The van der Waals surface area contributed by atoms with E-state index in [0.29, 0.717) is 18.8 Å². The number of hydrogen-bond acceptors (Lipinski definition) is 4. The van der Waals surface area contributed by atoms with Gasteiger partial charge < -0.3 is 19.3 Å². The fourth-order valence-corrected chi connectivity index (χ4v) is 6.75. The molecule has 4 bridgehead atoms. The van der Waals surface area contributed by atoms with Gasteiger partial charge in [0.2, 0.25) is 0 Å². The Balaban J connectivity index is 1.59. The van der Waals surface area contributed by atoms with E-state index in [0.717, 1.165) is 29.1 Å². The molecule has 4 fully saturated rings. The zero-order valence-electron chi connectivity index (χ0n) is 20.7. The lowest BCUT2D eigenvalue weighted by Gasteiger charge is -2.57. The maximum Gasteiger partial charge on any atom is 0.328 e. The van der Waals surface area contributed by atoms with Gasteiger partial charge in [-0.15, -0.1) is 0 Å². The Morgan fingerprint density at radius 2 is 1.76 bits per heavy atom. The molecule has 0 saturated heterocycles. The van der Waals surface area contributed by atoms with Crippen molar-refractivity contribution in [2.45, 2.75) is 57.8 Å². The number of ether oxygens (including phenoxy) is 3. The molecule has 4 aliphatic rings. The minimum atomic E-state index is -0.926. The van der Waals surface area contributed by atoms with Crippen molar-refractivity contribution in [3.63, 3.8) is 0 Å². The predicted octanol–water partition coefficient (Wildman–Crippen LogP) is 6.14. The number of carbonyl (C=O) groups is 1. The summed E-state index contributed by atoms with van der Waals surface area (Å²) in [6, 6.07) is 6.57.